The second-order valence-corrected chi connectivity index (χ2v) is 8.61. The summed E-state index contributed by atoms with van der Waals surface area (Å²) in [6, 6.07) is 15.1. The number of rotatable bonds is 3. The van der Waals surface area contributed by atoms with Crippen molar-refractivity contribution < 1.29 is 14.4 Å². The van der Waals surface area contributed by atoms with Gasteiger partial charge in [0, 0.05) is 23.7 Å². The highest BCUT2D eigenvalue weighted by atomic mass is 32.2. The number of aryl methyl sites for hydroxylation is 1. The highest BCUT2D eigenvalue weighted by Gasteiger charge is 2.38. The van der Waals surface area contributed by atoms with Gasteiger partial charge in [0.15, 0.2) is 5.25 Å². The molecule has 2 aliphatic heterocycles. The third-order valence-corrected chi connectivity index (χ3v) is 6.54. The van der Waals surface area contributed by atoms with Crippen molar-refractivity contribution in [2.45, 2.75) is 29.9 Å². The Hall–Kier alpha value is -2.80. The van der Waals surface area contributed by atoms with Gasteiger partial charge >= 0.3 is 0 Å². The highest BCUT2D eigenvalue weighted by molar-refractivity contribution is 8.01. The summed E-state index contributed by atoms with van der Waals surface area (Å²) in [5.74, 6) is -0.893. The summed E-state index contributed by atoms with van der Waals surface area (Å²) >= 11 is 1.28. The average molecular weight is 410 g/mol. The standard InChI is InChI=1S/C22H23N3O3S/c1-14-8-10-16(11-9-14)23-20(26)15-5-4-12-25(13-15)22(28)19-21(27)24-17-6-2-3-7-18(17)29-19/h2-3,6-11,15,19H,4-5,12-13H2,1H3,(H,23,26)(H,24,27)/t15-,19+/m1/s1. The number of fused-ring (bicyclic) bond motifs is 1. The van der Waals surface area contributed by atoms with Crippen molar-refractivity contribution in [3.8, 4) is 0 Å². The summed E-state index contributed by atoms with van der Waals surface area (Å²) in [7, 11) is 0. The Kier molecular flexibility index (Phi) is 5.58. The molecular formula is C22H23N3O3S. The van der Waals surface area contributed by atoms with Crippen LogP contribution in [0.5, 0.6) is 0 Å². The van der Waals surface area contributed by atoms with Crippen molar-refractivity contribution in [3.05, 3.63) is 54.1 Å². The number of nitrogens with one attached hydrogen (secondary N) is 2. The van der Waals surface area contributed by atoms with Crippen LogP contribution in [0.3, 0.4) is 0 Å². The van der Waals surface area contributed by atoms with Crippen LogP contribution in [0.4, 0.5) is 11.4 Å². The van der Waals surface area contributed by atoms with E-state index in [0.717, 1.165) is 34.7 Å². The third-order valence-electron chi connectivity index (χ3n) is 5.28. The number of carbonyl (C=O) groups excluding carboxylic acids is 3. The first-order valence-electron chi connectivity index (χ1n) is 9.74. The molecule has 2 atom stereocenters. The van der Waals surface area contributed by atoms with E-state index in [4.69, 9.17) is 0 Å². The maximum Gasteiger partial charge on any atom is 0.247 e. The van der Waals surface area contributed by atoms with E-state index >= 15 is 0 Å². The number of nitrogens with zero attached hydrogens (tertiary/aromatic N) is 1. The van der Waals surface area contributed by atoms with E-state index < -0.39 is 5.25 Å². The van der Waals surface area contributed by atoms with Crippen LogP contribution in [-0.4, -0.2) is 41.0 Å². The Labute approximate surface area is 174 Å². The lowest BCUT2D eigenvalue weighted by Crippen LogP contribution is -2.50. The Morgan fingerprint density at radius 2 is 1.90 bits per heavy atom. The predicted molar refractivity (Wildman–Crippen MR) is 114 cm³/mol. The van der Waals surface area contributed by atoms with Crippen molar-refractivity contribution in [3.63, 3.8) is 0 Å². The van der Waals surface area contributed by atoms with Crippen molar-refractivity contribution in [1.29, 1.82) is 0 Å². The number of hydrogen-bond acceptors (Lipinski definition) is 4. The number of para-hydroxylation sites is 1. The quantitative estimate of drug-likeness (QED) is 0.763. The van der Waals surface area contributed by atoms with Gasteiger partial charge in [-0.05, 0) is 44.0 Å². The number of amides is 3. The molecule has 2 aromatic carbocycles. The molecule has 0 spiro atoms. The second kappa shape index (κ2) is 8.29. The number of carbonyl (C=O) groups is 3. The molecule has 7 heteroatoms. The smallest absolute Gasteiger partial charge is 0.247 e. The monoisotopic (exact) mass is 409 g/mol. The highest BCUT2D eigenvalue weighted by Crippen LogP contribution is 2.36. The third kappa shape index (κ3) is 4.29. The van der Waals surface area contributed by atoms with Gasteiger partial charge in [-0.2, -0.15) is 0 Å². The maximum atomic E-state index is 13.0. The molecule has 0 radical (unpaired) electrons. The summed E-state index contributed by atoms with van der Waals surface area (Å²) in [4.78, 5) is 40.8. The molecule has 2 aliphatic rings. The number of anilines is 2. The molecule has 0 saturated carbocycles. The number of benzene rings is 2. The molecule has 1 fully saturated rings. The van der Waals surface area contributed by atoms with Crippen LogP contribution in [0.2, 0.25) is 0 Å². The molecule has 2 aromatic rings. The molecule has 0 unspecified atom stereocenters. The zero-order valence-corrected chi connectivity index (χ0v) is 17.0. The second-order valence-electron chi connectivity index (χ2n) is 7.46. The van der Waals surface area contributed by atoms with E-state index in [9.17, 15) is 14.4 Å². The summed E-state index contributed by atoms with van der Waals surface area (Å²) in [5, 5.41) is 4.94. The van der Waals surface area contributed by atoms with Gasteiger partial charge < -0.3 is 15.5 Å². The molecule has 0 aliphatic carbocycles. The summed E-state index contributed by atoms with van der Waals surface area (Å²) < 4.78 is 0. The van der Waals surface area contributed by atoms with Crippen LogP contribution in [0.15, 0.2) is 53.4 Å². The van der Waals surface area contributed by atoms with E-state index in [1.807, 2.05) is 55.5 Å². The summed E-state index contributed by atoms with van der Waals surface area (Å²) in [6.07, 6.45) is 1.47. The van der Waals surface area contributed by atoms with E-state index in [0.29, 0.717) is 13.1 Å². The molecule has 2 heterocycles. The Bertz CT molecular complexity index is 945. The molecule has 29 heavy (non-hydrogen) atoms. The van der Waals surface area contributed by atoms with Crippen LogP contribution in [0, 0.1) is 12.8 Å². The molecule has 3 amide bonds. The fourth-order valence-corrected chi connectivity index (χ4v) is 4.73. The van der Waals surface area contributed by atoms with E-state index in [2.05, 4.69) is 10.6 Å². The fourth-order valence-electron chi connectivity index (χ4n) is 3.65. The zero-order chi connectivity index (χ0) is 20.4. The van der Waals surface area contributed by atoms with E-state index in [-0.39, 0.29) is 23.6 Å². The van der Waals surface area contributed by atoms with E-state index in [1.54, 1.807) is 4.90 Å². The topological polar surface area (TPSA) is 78.5 Å². The van der Waals surface area contributed by atoms with Gasteiger partial charge in [-0.15, -0.1) is 11.8 Å². The molecule has 150 valence electrons. The molecule has 6 nitrogen and oxygen atoms in total. The fraction of sp³-hybridized carbons (Fsp3) is 0.318. The first-order chi connectivity index (χ1) is 14.0. The van der Waals surface area contributed by atoms with Crippen molar-refractivity contribution in [2.75, 3.05) is 23.7 Å². The Morgan fingerprint density at radius 1 is 1.14 bits per heavy atom. The lowest BCUT2D eigenvalue weighted by Gasteiger charge is -2.35. The lowest BCUT2D eigenvalue weighted by molar-refractivity contribution is -0.136. The van der Waals surface area contributed by atoms with Crippen LogP contribution in [0.1, 0.15) is 18.4 Å². The largest absolute Gasteiger partial charge is 0.340 e. The predicted octanol–water partition coefficient (Wildman–Crippen LogP) is 3.29. The van der Waals surface area contributed by atoms with Crippen molar-refractivity contribution in [1.82, 2.24) is 4.90 Å². The summed E-state index contributed by atoms with van der Waals surface area (Å²) in [5.41, 5.74) is 2.62. The molecule has 0 aromatic heterocycles. The van der Waals surface area contributed by atoms with Crippen LogP contribution >= 0.6 is 11.8 Å². The minimum Gasteiger partial charge on any atom is -0.340 e. The SMILES string of the molecule is Cc1ccc(NC(=O)[C@@H]2CCCN(C(=O)[C@H]3Sc4ccccc4NC3=O)C2)cc1. The van der Waals surface area contributed by atoms with Gasteiger partial charge in [0.25, 0.3) is 0 Å². The van der Waals surface area contributed by atoms with Crippen molar-refractivity contribution in [2.24, 2.45) is 5.92 Å². The first-order valence-corrected chi connectivity index (χ1v) is 10.6. The van der Waals surface area contributed by atoms with Crippen LogP contribution < -0.4 is 10.6 Å². The molecule has 4 rings (SSSR count). The van der Waals surface area contributed by atoms with Gasteiger partial charge in [-0.1, -0.05) is 29.8 Å². The number of thioether (sulfide) groups is 1. The number of piperidine rings is 1. The minimum absolute atomic E-state index is 0.0857. The maximum absolute atomic E-state index is 13.0. The minimum atomic E-state index is -0.816. The Morgan fingerprint density at radius 3 is 2.69 bits per heavy atom. The molecule has 0 bridgehead atoms. The van der Waals surface area contributed by atoms with Crippen molar-refractivity contribution >= 4 is 40.9 Å². The normalized spacial score (nSPS) is 21.1. The average Bonchev–Trinajstić information content (AvgIpc) is 2.74. The molecule has 1 saturated heterocycles. The number of likely N-dealkylation sites (tertiary alicyclic amines) is 1. The van der Waals surface area contributed by atoms with Gasteiger partial charge in [0.05, 0.1) is 11.6 Å². The Balaban J connectivity index is 1.41. The van der Waals surface area contributed by atoms with Gasteiger partial charge in [-0.3, -0.25) is 14.4 Å². The van der Waals surface area contributed by atoms with Gasteiger partial charge in [0.2, 0.25) is 17.7 Å². The first kappa shape index (κ1) is 19.5. The lowest BCUT2D eigenvalue weighted by atomic mass is 9.96. The molecular weight excluding hydrogens is 386 g/mol. The summed E-state index contributed by atoms with van der Waals surface area (Å²) in [6.45, 7) is 2.90. The number of hydrogen-bond donors (Lipinski definition) is 2. The zero-order valence-electron chi connectivity index (χ0n) is 16.2. The van der Waals surface area contributed by atoms with Crippen LogP contribution in [0.25, 0.3) is 0 Å². The van der Waals surface area contributed by atoms with Crippen LogP contribution in [-0.2, 0) is 14.4 Å². The van der Waals surface area contributed by atoms with Gasteiger partial charge in [-0.25, -0.2) is 0 Å². The van der Waals surface area contributed by atoms with E-state index in [1.165, 1.54) is 11.8 Å². The molecule has 2 N–H and O–H groups in total. The van der Waals surface area contributed by atoms with Gasteiger partial charge in [0.1, 0.15) is 0 Å².